The molecule has 0 atom stereocenters. The number of H-pyrrole nitrogens is 1. The van der Waals surface area contributed by atoms with Gasteiger partial charge >= 0.3 is 0 Å². The molecule has 0 saturated heterocycles. The molecule has 0 unspecified atom stereocenters. The fraction of sp³-hybridized carbons (Fsp3) is 0. The van der Waals surface area contributed by atoms with Crippen molar-refractivity contribution in [1.29, 1.82) is 0 Å². The number of aromatic amines is 1. The molecule has 14 heavy (non-hydrogen) atoms. The number of aromatic nitrogens is 5. The summed E-state index contributed by atoms with van der Waals surface area (Å²) in [4.78, 5) is 11.1. The molecule has 3 aromatic rings. The second-order valence-corrected chi connectivity index (χ2v) is 2.92. The summed E-state index contributed by atoms with van der Waals surface area (Å²) in [6.07, 6.45) is 6.98. The van der Waals surface area contributed by atoms with E-state index in [2.05, 4.69) is 20.1 Å². The monoisotopic (exact) mass is 185 g/mol. The van der Waals surface area contributed by atoms with Crippen molar-refractivity contribution in [1.82, 2.24) is 24.6 Å². The summed E-state index contributed by atoms with van der Waals surface area (Å²) in [5.74, 6) is 0. The highest BCUT2D eigenvalue weighted by Gasteiger charge is 2.04. The van der Waals surface area contributed by atoms with Gasteiger partial charge in [-0.3, -0.25) is 0 Å². The van der Waals surface area contributed by atoms with E-state index in [-0.39, 0.29) is 0 Å². The van der Waals surface area contributed by atoms with Crippen LogP contribution >= 0.6 is 0 Å². The second-order valence-electron chi connectivity index (χ2n) is 2.92. The number of nitrogens with one attached hydrogen (secondary N) is 1. The fourth-order valence-corrected chi connectivity index (χ4v) is 1.36. The van der Waals surface area contributed by atoms with Gasteiger partial charge in [-0.1, -0.05) is 0 Å². The third-order valence-corrected chi connectivity index (χ3v) is 2.01. The number of hydrogen-bond acceptors (Lipinski definition) is 3. The zero-order valence-corrected chi connectivity index (χ0v) is 7.25. The van der Waals surface area contributed by atoms with Gasteiger partial charge in [-0.05, 0) is 6.07 Å². The third kappa shape index (κ3) is 0.990. The van der Waals surface area contributed by atoms with E-state index in [4.69, 9.17) is 0 Å². The lowest BCUT2D eigenvalue weighted by atomic mass is 10.3. The van der Waals surface area contributed by atoms with E-state index < -0.39 is 0 Å². The Bertz CT molecular complexity index is 518. The van der Waals surface area contributed by atoms with E-state index in [1.54, 1.807) is 23.2 Å². The first-order valence-corrected chi connectivity index (χ1v) is 4.22. The number of fused-ring (bicyclic) bond motifs is 1. The Labute approximate surface area is 79.4 Å². The molecule has 0 saturated carbocycles. The molecule has 0 spiro atoms. The highest BCUT2D eigenvalue weighted by molar-refractivity contribution is 5.59. The molecule has 0 amide bonds. The fourth-order valence-electron chi connectivity index (χ4n) is 1.36. The van der Waals surface area contributed by atoms with Gasteiger partial charge in [-0.25, -0.2) is 14.5 Å². The average Bonchev–Trinajstić information content (AvgIpc) is 2.86. The number of hydrogen-bond donors (Lipinski definition) is 1. The summed E-state index contributed by atoms with van der Waals surface area (Å²) >= 11 is 0. The first kappa shape index (κ1) is 7.25. The van der Waals surface area contributed by atoms with Crippen molar-refractivity contribution in [3.05, 3.63) is 37.1 Å². The molecular formula is C9H7N5. The molecule has 0 aromatic carbocycles. The lowest BCUT2D eigenvalue weighted by Crippen LogP contribution is -1.87. The van der Waals surface area contributed by atoms with E-state index in [0.29, 0.717) is 0 Å². The highest BCUT2D eigenvalue weighted by atomic mass is 15.2. The molecule has 3 heterocycles. The number of rotatable bonds is 1. The Kier molecular flexibility index (Phi) is 1.38. The Morgan fingerprint density at radius 3 is 3.14 bits per heavy atom. The van der Waals surface area contributed by atoms with E-state index in [9.17, 15) is 0 Å². The first-order valence-electron chi connectivity index (χ1n) is 4.22. The van der Waals surface area contributed by atoms with Crippen molar-refractivity contribution in [2.24, 2.45) is 0 Å². The second kappa shape index (κ2) is 2.66. The number of nitrogens with zero attached hydrogens (tertiary/aromatic N) is 4. The summed E-state index contributed by atoms with van der Waals surface area (Å²) in [6, 6.07) is 3.75. The summed E-state index contributed by atoms with van der Waals surface area (Å²) in [5, 5.41) is 4.34. The Morgan fingerprint density at radius 2 is 2.36 bits per heavy atom. The van der Waals surface area contributed by atoms with Crippen molar-refractivity contribution in [2.75, 3.05) is 0 Å². The SMILES string of the molecule is c1cnc2cc(-c3cnc[nH]3)nn2c1. The smallest absolute Gasteiger partial charge is 0.155 e. The third-order valence-electron chi connectivity index (χ3n) is 2.01. The maximum atomic E-state index is 4.34. The molecule has 3 rings (SSSR count). The van der Waals surface area contributed by atoms with Crippen molar-refractivity contribution < 1.29 is 0 Å². The van der Waals surface area contributed by atoms with Crippen molar-refractivity contribution in [2.45, 2.75) is 0 Å². The number of imidazole rings is 1. The molecule has 3 aromatic heterocycles. The summed E-state index contributed by atoms with van der Waals surface area (Å²) in [5.41, 5.74) is 2.58. The van der Waals surface area contributed by atoms with Crippen LogP contribution in [0.25, 0.3) is 17.0 Å². The summed E-state index contributed by atoms with van der Waals surface area (Å²) in [6.45, 7) is 0. The molecular weight excluding hydrogens is 178 g/mol. The Hall–Kier alpha value is -2.17. The standard InChI is InChI=1S/C9H7N5/c1-2-11-9-4-7(13-14(9)3-1)8-5-10-6-12-8/h1-6H,(H,10,12). The van der Waals surface area contributed by atoms with E-state index >= 15 is 0 Å². The minimum atomic E-state index is 0.831. The minimum absolute atomic E-state index is 0.831. The van der Waals surface area contributed by atoms with Crippen LogP contribution < -0.4 is 0 Å². The Morgan fingerprint density at radius 1 is 1.36 bits per heavy atom. The zero-order valence-electron chi connectivity index (χ0n) is 7.25. The van der Waals surface area contributed by atoms with Crippen molar-refractivity contribution in [3.8, 4) is 11.4 Å². The molecule has 0 aliphatic heterocycles. The van der Waals surface area contributed by atoms with Gasteiger partial charge in [0, 0.05) is 18.5 Å². The molecule has 0 aliphatic carbocycles. The molecule has 5 heteroatoms. The van der Waals surface area contributed by atoms with Gasteiger partial charge in [0.1, 0.15) is 5.69 Å². The minimum Gasteiger partial charge on any atom is -0.343 e. The maximum Gasteiger partial charge on any atom is 0.155 e. The van der Waals surface area contributed by atoms with Gasteiger partial charge in [-0.2, -0.15) is 5.10 Å². The summed E-state index contributed by atoms with van der Waals surface area (Å²) in [7, 11) is 0. The predicted molar refractivity (Wildman–Crippen MR) is 50.6 cm³/mol. The molecule has 0 radical (unpaired) electrons. The van der Waals surface area contributed by atoms with E-state index in [1.165, 1.54) is 0 Å². The van der Waals surface area contributed by atoms with Crippen LogP contribution in [0.3, 0.4) is 0 Å². The predicted octanol–water partition coefficient (Wildman–Crippen LogP) is 1.12. The maximum absolute atomic E-state index is 4.34. The molecule has 68 valence electrons. The molecule has 0 fully saturated rings. The molecule has 0 bridgehead atoms. The van der Waals surface area contributed by atoms with Crippen LogP contribution in [0.1, 0.15) is 0 Å². The molecule has 1 N–H and O–H groups in total. The first-order chi connectivity index (χ1) is 6.93. The van der Waals surface area contributed by atoms with Crippen LogP contribution in [0.5, 0.6) is 0 Å². The van der Waals surface area contributed by atoms with Crippen LogP contribution in [0, 0.1) is 0 Å². The van der Waals surface area contributed by atoms with E-state index in [0.717, 1.165) is 17.0 Å². The zero-order chi connectivity index (χ0) is 9.38. The molecule has 0 aliphatic rings. The van der Waals surface area contributed by atoms with Gasteiger partial charge in [0.05, 0.1) is 18.2 Å². The summed E-state index contributed by atoms with van der Waals surface area (Å²) < 4.78 is 1.73. The Balaban J connectivity index is 2.24. The lowest BCUT2D eigenvalue weighted by molar-refractivity contribution is 0.941. The van der Waals surface area contributed by atoms with Gasteiger partial charge in [0.25, 0.3) is 0 Å². The van der Waals surface area contributed by atoms with E-state index in [1.807, 2.05) is 18.3 Å². The van der Waals surface area contributed by atoms with Crippen LogP contribution in [0.4, 0.5) is 0 Å². The normalized spacial score (nSPS) is 10.9. The largest absolute Gasteiger partial charge is 0.343 e. The molecule has 5 nitrogen and oxygen atoms in total. The van der Waals surface area contributed by atoms with Crippen molar-refractivity contribution >= 4 is 5.65 Å². The van der Waals surface area contributed by atoms with Gasteiger partial charge in [0.15, 0.2) is 5.65 Å². The highest BCUT2D eigenvalue weighted by Crippen LogP contribution is 2.14. The van der Waals surface area contributed by atoms with Crippen molar-refractivity contribution in [3.63, 3.8) is 0 Å². The van der Waals surface area contributed by atoms with Crippen LogP contribution in [-0.4, -0.2) is 24.6 Å². The average molecular weight is 185 g/mol. The van der Waals surface area contributed by atoms with Gasteiger partial charge in [-0.15, -0.1) is 0 Å². The van der Waals surface area contributed by atoms with Gasteiger partial charge < -0.3 is 4.98 Å². The quantitative estimate of drug-likeness (QED) is 0.618. The van der Waals surface area contributed by atoms with Crippen LogP contribution in [0.15, 0.2) is 37.1 Å². The van der Waals surface area contributed by atoms with Gasteiger partial charge in [0.2, 0.25) is 0 Å². The topological polar surface area (TPSA) is 58.9 Å². The van der Waals surface area contributed by atoms with Crippen LogP contribution in [0.2, 0.25) is 0 Å². The van der Waals surface area contributed by atoms with Crippen LogP contribution in [-0.2, 0) is 0 Å². The lowest BCUT2D eigenvalue weighted by Gasteiger charge is -1.87.